The Hall–Kier alpha value is -3.34. The molecular weight excluding hydrogens is 345 g/mol. The van der Waals surface area contributed by atoms with E-state index in [0.29, 0.717) is 11.1 Å². The molecule has 132 valence electrons. The fraction of sp³-hybridized carbons (Fsp3) is 0.167. The SMILES string of the molecule is C#CCN(C)c1nc(=O)n(-c2cccnc2)c2cc(C(F)(F)F)ccc12. The minimum atomic E-state index is -4.54. The van der Waals surface area contributed by atoms with Gasteiger partial charge in [0.25, 0.3) is 0 Å². The van der Waals surface area contributed by atoms with Crippen LogP contribution in [0.4, 0.5) is 19.0 Å². The Labute approximate surface area is 146 Å². The molecule has 3 aromatic rings. The van der Waals surface area contributed by atoms with E-state index in [0.717, 1.165) is 16.7 Å². The Morgan fingerprint density at radius 2 is 2.08 bits per heavy atom. The molecule has 0 aliphatic rings. The highest BCUT2D eigenvalue weighted by Crippen LogP contribution is 2.33. The summed E-state index contributed by atoms with van der Waals surface area (Å²) in [7, 11) is 1.62. The van der Waals surface area contributed by atoms with Crippen molar-refractivity contribution in [2.45, 2.75) is 6.18 Å². The number of rotatable bonds is 3. The lowest BCUT2D eigenvalue weighted by Gasteiger charge is -2.20. The average Bonchev–Trinajstić information content (AvgIpc) is 2.60. The van der Waals surface area contributed by atoms with Crippen molar-refractivity contribution < 1.29 is 13.2 Å². The standard InChI is InChI=1S/C18H13F3N4O/c1-3-9-24(2)16-14-7-6-12(18(19,20)21)10-15(14)25(17(26)23-16)13-5-4-8-22-11-13/h1,4-8,10-11H,9H2,2H3. The Bertz CT molecular complexity index is 1050. The van der Waals surface area contributed by atoms with E-state index in [2.05, 4.69) is 15.9 Å². The normalized spacial score (nSPS) is 11.3. The summed E-state index contributed by atoms with van der Waals surface area (Å²) in [5.74, 6) is 2.64. The van der Waals surface area contributed by atoms with Crippen LogP contribution in [-0.4, -0.2) is 28.1 Å². The predicted molar refractivity (Wildman–Crippen MR) is 92.2 cm³/mol. The minimum absolute atomic E-state index is 0.0756. The third-order valence-corrected chi connectivity index (χ3v) is 3.79. The van der Waals surface area contributed by atoms with Crippen LogP contribution >= 0.6 is 0 Å². The highest BCUT2D eigenvalue weighted by molar-refractivity contribution is 5.91. The number of hydrogen-bond donors (Lipinski definition) is 0. The number of halogens is 3. The van der Waals surface area contributed by atoms with Crippen LogP contribution in [0, 0.1) is 12.3 Å². The molecule has 0 saturated carbocycles. The molecule has 0 N–H and O–H groups in total. The number of hydrogen-bond acceptors (Lipinski definition) is 4. The van der Waals surface area contributed by atoms with Crippen molar-refractivity contribution in [3.05, 3.63) is 58.8 Å². The largest absolute Gasteiger partial charge is 0.416 e. The second kappa shape index (κ2) is 6.52. The van der Waals surface area contributed by atoms with E-state index >= 15 is 0 Å². The number of benzene rings is 1. The van der Waals surface area contributed by atoms with Gasteiger partial charge < -0.3 is 4.90 Å². The van der Waals surface area contributed by atoms with Crippen molar-refractivity contribution in [1.82, 2.24) is 14.5 Å². The quantitative estimate of drug-likeness (QED) is 0.676. The first kappa shape index (κ1) is 17.5. The molecule has 5 nitrogen and oxygen atoms in total. The van der Waals surface area contributed by atoms with E-state index in [1.807, 2.05) is 0 Å². The molecule has 3 rings (SSSR count). The Kier molecular flexibility index (Phi) is 4.38. The summed E-state index contributed by atoms with van der Waals surface area (Å²) >= 11 is 0. The fourth-order valence-corrected chi connectivity index (χ4v) is 2.62. The lowest BCUT2D eigenvalue weighted by molar-refractivity contribution is -0.137. The van der Waals surface area contributed by atoms with Crippen LogP contribution in [0.25, 0.3) is 16.6 Å². The van der Waals surface area contributed by atoms with E-state index in [9.17, 15) is 18.0 Å². The highest BCUT2D eigenvalue weighted by Gasteiger charge is 2.31. The molecule has 0 unspecified atom stereocenters. The fourth-order valence-electron chi connectivity index (χ4n) is 2.62. The van der Waals surface area contributed by atoms with Crippen molar-refractivity contribution >= 4 is 16.7 Å². The van der Waals surface area contributed by atoms with Crippen LogP contribution in [0.2, 0.25) is 0 Å². The van der Waals surface area contributed by atoms with Crippen molar-refractivity contribution in [3.8, 4) is 18.0 Å². The van der Waals surface area contributed by atoms with E-state index < -0.39 is 17.4 Å². The molecule has 1 aromatic carbocycles. The zero-order valence-electron chi connectivity index (χ0n) is 13.7. The van der Waals surface area contributed by atoms with Gasteiger partial charge in [0.2, 0.25) is 0 Å². The van der Waals surface area contributed by atoms with Crippen LogP contribution in [0.15, 0.2) is 47.5 Å². The number of alkyl halides is 3. The van der Waals surface area contributed by atoms with Gasteiger partial charge in [-0.05, 0) is 30.3 Å². The Morgan fingerprint density at radius 1 is 1.31 bits per heavy atom. The van der Waals surface area contributed by atoms with Gasteiger partial charge in [-0.1, -0.05) is 5.92 Å². The molecule has 0 aliphatic heterocycles. The van der Waals surface area contributed by atoms with Crippen molar-refractivity contribution in [2.24, 2.45) is 0 Å². The topological polar surface area (TPSA) is 51.0 Å². The van der Waals surface area contributed by atoms with E-state index in [1.54, 1.807) is 19.2 Å². The monoisotopic (exact) mass is 358 g/mol. The summed E-state index contributed by atoms with van der Waals surface area (Å²) in [6, 6.07) is 6.33. The van der Waals surface area contributed by atoms with E-state index in [1.165, 1.54) is 23.4 Å². The van der Waals surface area contributed by atoms with Gasteiger partial charge >= 0.3 is 11.9 Å². The molecular formula is C18H13F3N4O. The number of aromatic nitrogens is 3. The summed E-state index contributed by atoms with van der Waals surface area (Å²) in [4.78, 5) is 22.1. The van der Waals surface area contributed by atoms with Crippen LogP contribution in [0.3, 0.4) is 0 Å². The van der Waals surface area contributed by atoms with Crippen molar-refractivity contribution in [2.75, 3.05) is 18.5 Å². The third-order valence-electron chi connectivity index (χ3n) is 3.79. The first-order chi connectivity index (χ1) is 12.3. The van der Waals surface area contributed by atoms with Crippen LogP contribution in [0.1, 0.15) is 5.56 Å². The second-order valence-electron chi connectivity index (χ2n) is 5.55. The van der Waals surface area contributed by atoms with Crippen LogP contribution in [0.5, 0.6) is 0 Å². The zero-order chi connectivity index (χ0) is 18.9. The van der Waals surface area contributed by atoms with Gasteiger partial charge in [-0.3, -0.25) is 9.55 Å². The van der Waals surface area contributed by atoms with Gasteiger partial charge in [0.1, 0.15) is 5.82 Å². The van der Waals surface area contributed by atoms with Crippen molar-refractivity contribution in [3.63, 3.8) is 0 Å². The maximum Gasteiger partial charge on any atom is 0.416 e. The summed E-state index contributed by atoms with van der Waals surface area (Å²) in [5.41, 5.74) is -1.19. The van der Waals surface area contributed by atoms with Gasteiger partial charge in [-0.15, -0.1) is 6.42 Å². The molecule has 0 atom stereocenters. The molecule has 0 amide bonds. The summed E-state index contributed by atoms with van der Waals surface area (Å²) in [5, 5.41) is 0.374. The van der Waals surface area contributed by atoms with Gasteiger partial charge in [-0.25, -0.2) is 4.79 Å². The molecule has 0 bridgehead atoms. The Balaban J connectivity index is 2.40. The number of pyridine rings is 1. The smallest absolute Gasteiger partial charge is 0.348 e. The lowest BCUT2D eigenvalue weighted by Crippen LogP contribution is -2.28. The maximum absolute atomic E-state index is 13.2. The van der Waals surface area contributed by atoms with Gasteiger partial charge in [0.05, 0.1) is 29.5 Å². The molecule has 2 aromatic heterocycles. The van der Waals surface area contributed by atoms with Crippen LogP contribution in [-0.2, 0) is 6.18 Å². The minimum Gasteiger partial charge on any atom is -0.348 e. The predicted octanol–water partition coefficient (Wildman–Crippen LogP) is 2.87. The van der Waals surface area contributed by atoms with E-state index in [-0.39, 0.29) is 17.9 Å². The zero-order valence-corrected chi connectivity index (χ0v) is 13.7. The molecule has 0 saturated heterocycles. The number of nitrogens with zero attached hydrogens (tertiary/aromatic N) is 4. The summed E-state index contributed by atoms with van der Waals surface area (Å²) in [6.45, 7) is 0.152. The van der Waals surface area contributed by atoms with Gasteiger partial charge in [0, 0.05) is 18.6 Å². The second-order valence-corrected chi connectivity index (χ2v) is 5.55. The first-order valence-electron chi connectivity index (χ1n) is 7.52. The molecule has 0 radical (unpaired) electrons. The van der Waals surface area contributed by atoms with Gasteiger partial charge in [0.15, 0.2) is 0 Å². The van der Waals surface area contributed by atoms with Crippen LogP contribution < -0.4 is 10.6 Å². The molecule has 2 heterocycles. The summed E-state index contributed by atoms with van der Waals surface area (Å²) < 4.78 is 40.6. The number of terminal acetylenes is 1. The molecule has 0 spiro atoms. The number of anilines is 1. The van der Waals surface area contributed by atoms with E-state index in [4.69, 9.17) is 6.42 Å². The summed E-state index contributed by atoms with van der Waals surface area (Å²) in [6.07, 6.45) is 3.63. The molecule has 0 fully saturated rings. The Morgan fingerprint density at radius 3 is 2.69 bits per heavy atom. The lowest BCUT2D eigenvalue weighted by atomic mass is 10.1. The molecule has 0 aliphatic carbocycles. The molecule has 26 heavy (non-hydrogen) atoms. The van der Waals surface area contributed by atoms with Gasteiger partial charge in [-0.2, -0.15) is 18.2 Å². The highest BCUT2D eigenvalue weighted by atomic mass is 19.4. The average molecular weight is 358 g/mol. The third kappa shape index (κ3) is 3.11. The van der Waals surface area contributed by atoms with Crippen molar-refractivity contribution in [1.29, 1.82) is 0 Å². The number of fused-ring (bicyclic) bond motifs is 1. The maximum atomic E-state index is 13.2. The molecule has 8 heteroatoms. The first-order valence-corrected chi connectivity index (χ1v) is 7.52.